The molecule has 2 N–H and O–H groups in total. The SMILES string of the molecule is CC1CCCC(NC(=O)C(C)N2CCNCC2)C1C.Cl.Cl. The zero-order valence-electron chi connectivity index (χ0n) is 13.4. The smallest absolute Gasteiger partial charge is 0.237 e. The minimum Gasteiger partial charge on any atom is -0.352 e. The van der Waals surface area contributed by atoms with Crippen molar-refractivity contribution in [2.45, 2.75) is 52.1 Å². The third kappa shape index (κ3) is 5.59. The van der Waals surface area contributed by atoms with Crippen molar-refractivity contribution in [2.24, 2.45) is 11.8 Å². The number of amides is 1. The molecule has 1 amide bonds. The fourth-order valence-corrected chi connectivity index (χ4v) is 3.32. The van der Waals surface area contributed by atoms with Crippen LogP contribution in [0, 0.1) is 11.8 Å². The zero-order chi connectivity index (χ0) is 13.8. The standard InChI is InChI=1S/C15H29N3O.2ClH/c1-11-5-4-6-14(12(11)2)17-15(19)13(3)18-9-7-16-8-10-18;;/h11-14,16H,4-10H2,1-3H3,(H,17,19);2*1H. The molecule has 0 aromatic heterocycles. The van der Waals surface area contributed by atoms with Gasteiger partial charge in [-0.3, -0.25) is 9.69 Å². The van der Waals surface area contributed by atoms with Crippen LogP contribution in [-0.4, -0.2) is 49.1 Å². The molecule has 4 atom stereocenters. The zero-order valence-corrected chi connectivity index (χ0v) is 15.1. The topological polar surface area (TPSA) is 44.4 Å². The average Bonchev–Trinajstić information content (AvgIpc) is 2.44. The van der Waals surface area contributed by atoms with E-state index in [1.165, 1.54) is 12.8 Å². The van der Waals surface area contributed by atoms with Gasteiger partial charge in [0.05, 0.1) is 6.04 Å². The third-order valence-corrected chi connectivity index (χ3v) is 5.11. The van der Waals surface area contributed by atoms with Gasteiger partial charge in [0.25, 0.3) is 0 Å². The Hall–Kier alpha value is -0.0300. The van der Waals surface area contributed by atoms with E-state index in [-0.39, 0.29) is 36.8 Å². The monoisotopic (exact) mass is 339 g/mol. The number of carbonyl (C=O) groups excluding carboxylic acids is 1. The quantitative estimate of drug-likeness (QED) is 0.827. The van der Waals surface area contributed by atoms with Gasteiger partial charge < -0.3 is 10.6 Å². The van der Waals surface area contributed by atoms with Gasteiger partial charge in [-0.25, -0.2) is 0 Å². The van der Waals surface area contributed by atoms with Crippen molar-refractivity contribution in [3.63, 3.8) is 0 Å². The van der Waals surface area contributed by atoms with Gasteiger partial charge >= 0.3 is 0 Å². The first-order valence-electron chi connectivity index (χ1n) is 7.84. The molecule has 2 aliphatic rings. The Morgan fingerprint density at radius 2 is 1.81 bits per heavy atom. The molecule has 2 fully saturated rings. The van der Waals surface area contributed by atoms with E-state index in [2.05, 4.69) is 29.4 Å². The summed E-state index contributed by atoms with van der Waals surface area (Å²) in [5.74, 6) is 1.55. The highest BCUT2D eigenvalue weighted by Crippen LogP contribution is 2.29. The van der Waals surface area contributed by atoms with Crippen LogP contribution in [0.4, 0.5) is 0 Å². The normalized spacial score (nSPS) is 31.5. The van der Waals surface area contributed by atoms with Gasteiger partial charge in [0, 0.05) is 32.2 Å². The van der Waals surface area contributed by atoms with Crippen molar-refractivity contribution < 1.29 is 4.79 Å². The Morgan fingerprint density at radius 3 is 2.43 bits per heavy atom. The van der Waals surface area contributed by atoms with Gasteiger partial charge in [-0.05, 0) is 25.2 Å². The highest BCUT2D eigenvalue weighted by atomic mass is 35.5. The van der Waals surface area contributed by atoms with Crippen LogP contribution in [-0.2, 0) is 4.79 Å². The molecule has 1 heterocycles. The van der Waals surface area contributed by atoms with E-state index in [1.54, 1.807) is 0 Å². The fourth-order valence-electron chi connectivity index (χ4n) is 3.32. The second-order valence-electron chi connectivity index (χ2n) is 6.34. The van der Waals surface area contributed by atoms with Crippen LogP contribution in [0.15, 0.2) is 0 Å². The van der Waals surface area contributed by atoms with Crippen LogP contribution in [0.1, 0.15) is 40.0 Å². The maximum atomic E-state index is 12.4. The number of nitrogens with one attached hydrogen (secondary N) is 2. The van der Waals surface area contributed by atoms with Crippen molar-refractivity contribution in [2.75, 3.05) is 26.2 Å². The highest BCUT2D eigenvalue weighted by Gasteiger charge is 2.30. The summed E-state index contributed by atoms with van der Waals surface area (Å²) < 4.78 is 0. The molecule has 0 aromatic rings. The predicted molar refractivity (Wildman–Crippen MR) is 92.5 cm³/mol. The lowest BCUT2D eigenvalue weighted by Gasteiger charge is -2.37. The van der Waals surface area contributed by atoms with E-state index in [9.17, 15) is 4.79 Å². The van der Waals surface area contributed by atoms with Crippen LogP contribution < -0.4 is 10.6 Å². The van der Waals surface area contributed by atoms with Crippen molar-refractivity contribution >= 4 is 30.7 Å². The van der Waals surface area contributed by atoms with Crippen LogP contribution >= 0.6 is 24.8 Å². The van der Waals surface area contributed by atoms with E-state index in [0.29, 0.717) is 12.0 Å². The van der Waals surface area contributed by atoms with Crippen LogP contribution in [0.3, 0.4) is 0 Å². The van der Waals surface area contributed by atoms with Gasteiger partial charge in [0.1, 0.15) is 0 Å². The van der Waals surface area contributed by atoms with Crippen LogP contribution in [0.5, 0.6) is 0 Å². The van der Waals surface area contributed by atoms with E-state index >= 15 is 0 Å². The van der Waals surface area contributed by atoms with Crippen LogP contribution in [0.25, 0.3) is 0 Å². The van der Waals surface area contributed by atoms with Crippen molar-refractivity contribution in [3.05, 3.63) is 0 Å². The number of piperazine rings is 1. The second kappa shape index (κ2) is 9.88. The van der Waals surface area contributed by atoms with Crippen molar-refractivity contribution in [1.82, 2.24) is 15.5 Å². The Labute approximate surface area is 141 Å². The maximum absolute atomic E-state index is 12.4. The summed E-state index contributed by atoms with van der Waals surface area (Å²) in [6, 6.07) is 0.383. The summed E-state index contributed by atoms with van der Waals surface area (Å²) in [5.41, 5.74) is 0. The summed E-state index contributed by atoms with van der Waals surface area (Å²) in [6.45, 7) is 10.6. The Balaban J connectivity index is 0.00000200. The van der Waals surface area contributed by atoms with Gasteiger partial charge in [0.2, 0.25) is 5.91 Å². The van der Waals surface area contributed by atoms with Gasteiger partial charge in [0.15, 0.2) is 0 Å². The molecule has 1 saturated carbocycles. The van der Waals surface area contributed by atoms with E-state index in [1.807, 2.05) is 6.92 Å². The number of carbonyl (C=O) groups is 1. The Kier molecular flexibility index (Phi) is 9.87. The molecular weight excluding hydrogens is 309 g/mol. The molecule has 1 saturated heterocycles. The molecule has 0 radical (unpaired) electrons. The largest absolute Gasteiger partial charge is 0.352 e. The fraction of sp³-hybridized carbons (Fsp3) is 0.933. The summed E-state index contributed by atoms with van der Waals surface area (Å²) in [4.78, 5) is 14.7. The number of hydrogen-bond acceptors (Lipinski definition) is 3. The summed E-state index contributed by atoms with van der Waals surface area (Å²) in [7, 11) is 0. The molecule has 4 nitrogen and oxygen atoms in total. The summed E-state index contributed by atoms with van der Waals surface area (Å²) in [5, 5.41) is 6.62. The molecule has 0 aromatic carbocycles. The molecular formula is C15H31Cl2N3O. The summed E-state index contributed by atoms with van der Waals surface area (Å²) >= 11 is 0. The minimum atomic E-state index is 0. The van der Waals surface area contributed by atoms with Gasteiger partial charge in [-0.15, -0.1) is 24.8 Å². The first-order chi connectivity index (χ1) is 9.09. The Bertz CT molecular complexity index is 311. The number of nitrogens with zero attached hydrogens (tertiary/aromatic N) is 1. The number of rotatable bonds is 3. The third-order valence-electron chi connectivity index (χ3n) is 5.11. The lowest BCUT2D eigenvalue weighted by atomic mass is 9.78. The Morgan fingerprint density at radius 1 is 1.19 bits per heavy atom. The molecule has 2 rings (SSSR count). The van der Waals surface area contributed by atoms with E-state index < -0.39 is 0 Å². The molecule has 1 aliphatic heterocycles. The molecule has 21 heavy (non-hydrogen) atoms. The van der Waals surface area contributed by atoms with Gasteiger partial charge in [-0.1, -0.05) is 26.7 Å². The lowest BCUT2D eigenvalue weighted by Crippen LogP contribution is -2.55. The molecule has 1 aliphatic carbocycles. The average molecular weight is 340 g/mol. The first-order valence-corrected chi connectivity index (χ1v) is 7.84. The number of halogens is 2. The van der Waals surface area contributed by atoms with Gasteiger partial charge in [-0.2, -0.15) is 0 Å². The summed E-state index contributed by atoms with van der Waals surface area (Å²) in [6.07, 6.45) is 3.70. The maximum Gasteiger partial charge on any atom is 0.237 e. The molecule has 0 spiro atoms. The molecule has 4 unspecified atom stereocenters. The first kappa shape index (κ1) is 21.0. The second-order valence-corrected chi connectivity index (χ2v) is 6.34. The highest BCUT2D eigenvalue weighted by molar-refractivity contribution is 5.85. The van der Waals surface area contributed by atoms with Crippen molar-refractivity contribution in [3.8, 4) is 0 Å². The minimum absolute atomic E-state index is 0. The van der Waals surface area contributed by atoms with Crippen LogP contribution in [0.2, 0.25) is 0 Å². The molecule has 0 bridgehead atoms. The molecule has 6 heteroatoms. The van der Waals surface area contributed by atoms with Crippen molar-refractivity contribution in [1.29, 1.82) is 0 Å². The van der Waals surface area contributed by atoms with E-state index in [0.717, 1.165) is 38.5 Å². The van der Waals surface area contributed by atoms with E-state index in [4.69, 9.17) is 0 Å². The number of hydrogen-bond donors (Lipinski definition) is 2. The molecule has 126 valence electrons. The lowest BCUT2D eigenvalue weighted by molar-refractivity contribution is -0.127. The predicted octanol–water partition coefficient (Wildman–Crippen LogP) is 2.06.